The number of ether oxygens (including phenoxy) is 1. The van der Waals surface area contributed by atoms with Crippen LogP contribution in [-0.4, -0.2) is 24.9 Å². The number of benzene rings is 1. The SMILES string of the molecule is CCC(O)CNC(C)c1ccc(OC)cc1F. The van der Waals surface area contributed by atoms with Crippen LogP contribution in [0.25, 0.3) is 0 Å². The molecule has 0 amide bonds. The zero-order valence-corrected chi connectivity index (χ0v) is 10.5. The van der Waals surface area contributed by atoms with Crippen LogP contribution in [-0.2, 0) is 0 Å². The summed E-state index contributed by atoms with van der Waals surface area (Å²) in [4.78, 5) is 0. The summed E-state index contributed by atoms with van der Waals surface area (Å²) in [6.07, 6.45) is 0.295. The van der Waals surface area contributed by atoms with Gasteiger partial charge in [0.25, 0.3) is 0 Å². The summed E-state index contributed by atoms with van der Waals surface area (Å²) in [6.45, 7) is 4.24. The van der Waals surface area contributed by atoms with Gasteiger partial charge >= 0.3 is 0 Å². The fourth-order valence-electron chi connectivity index (χ4n) is 1.55. The van der Waals surface area contributed by atoms with Crippen LogP contribution in [0.15, 0.2) is 18.2 Å². The van der Waals surface area contributed by atoms with E-state index in [1.54, 1.807) is 12.1 Å². The van der Waals surface area contributed by atoms with Crippen LogP contribution >= 0.6 is 0 Å². The van der Waals surface area contributed by atoms with Crippen molar-refractivity contribution < 1.29 is 14.2 Å². The number of rotatable bonds is 6. The predicted molar refractivity (Wildman–Crippen MR) is 65.7 cm³/mol. The Labute approximate surface area is 102 Å². The van der Waals surface area contributed by atoms with Crippen molar-refractivity contribution in [3.63, 3.8) is 0 Å². The lowest BCUT2D eigenvalue weighted by molar-refractivity contribution is 0.163. The minimum absolute atomic E-state index is 0.137. The third kappa shape index (κ3) is 3.98. The molecule has 0 aromatic heterocycles. The molecule has 96 valence electrons. The molecular formula is C13H20FNO2. The van der Waals surface area contributed by atoms with E-state index < -0.39 is 6.10 Å². The van der Waals surface area contributed by atoms with Crippen LogP contribution in [0.2, 0.25) is 0 Å². The van der Waals surface area contributed by atoms with Gasteiger partial charge in [-0.25, -0.2) is 4.39 Å². The molecule has 1 rings (SSSR count). The summed E-state index contributed by atoms with van der Waals surface area (Å²) < 4.78 is 18.7. The summed E-state index contributed by atoms with van der Waals surface area (Å²) >= 11 is 0. The van der Waals surface area contributed by atoms with E-state index in [9.17, 15) is 9.50 Å². The van der Waals surface area contributed by atoms with Gasteiger partial charge < -0.3 is 15.2 Å². The van der Waals surface area contributed by atoms with E-state index in [4.69, 9.17) is 4.74 Å². The first-order chi connectivity index (χ1) is 8.08. The Morgan fingerprint density at radius 3 is 2.71 bits per heavy atom. The van der Waals surface area contributed by atoms with Crippen molar-refractivity contribution in [1.82, 2.24) is 5.32 Å². The van der Waals surface area contributed by atoms with Gasteiger partial charge in [0.05, 0.1) is 13.2 Å². The number of hydrogen-bond acceptors (Lipinski definition) is 3. The van der Waals surface area contributed by atoms with E-state index in [2.05, 4.69) is 5.32 Å². The monoisotopic (exact) mass is 241 g/mol. The van der Waals surface area contributed by atoms with E-state index >= 15 is 0 Å². The maximum atomic E-state index is 13.7. The molecule has 0 saturated heterocycles. The van der Waals surface area contributed by atoms with Gasteiger partial charge in [-0.1, -0.05) is 13.0 Å². The van der Waals surface area contributed by atoms with Gasteiger partial charge in [0.2, 0.25) is 0 Å². The van der Waals surface area contributed by atoms with Gasteiger partial charge in [0.15, 0.2) is 0 Å². The number of aliphatic hydroxyl groups excluding tert-OH is 1. The van der Waals surface area contributed by atoms with Gasteiger partial charge in [0.1, 0.15) is 11.6 Å². The minimum atomic E-state index is -0.390. The molecule has 0 radical (unpaired) electrons. The molecular weight excluding hydrogens is 221 g/mol. The Balaban J connectivity index is 2.65. The zero-order chi connectivity index (χ0) is 12.8. The maximum absolute atomic E-state index is 13.7. The number of hydrogen-bond donors (Lipinski definition) is 2. The fourth-order valence-corrected chi connectivity index (χ4v) is 1.55. The minimum Gasteiger partial charge on any atom is -0.497 e. The quantitative estimate of drug-likeness (QED) is 0.802. The molecule has 4 heteroatoms. The van der Waals surface area contributed by atoms with Crippen molar-refractivity contribution in [2.75, 3.05) is 13.7 Å². The molecule has 17 heavy (non-hydrogen) atoms. The third-order valence-electron chi connectivity index (χ3n) is 2.81. The first-order valence-electron chi connectivity index (χ1n) is 5.83. The lowest BCUT2D eigenvalue weighted by Crippen LogP contribution is -2.29. The van der Waals surface area contributed by atoms with Crippen LogP contribution in [0.3, 0.4) is 0 Å². The van der Waals surface area contributed by atoms with Crippen molar-refractivity contribution in [2.45, 2.75) is 32.4 Å². The Bertz CT molecular complexity index is 357. The highest BCUT2D eigenvalue weighted by molar-refractivity contribution is 5.30. The average Bonchev–Trinajstić information content (AvgIpc) is 2.35. The van der Waals surface area contributed by atoms with Gasteiger partial charge in [0, 0.05) is 24.2 Å². The summed E-state index contributed by atoms with van der Waals surface area (Å²) in [5, 5.41) is 12.5. The zero-order valence-electron chi connectivity index (χ0n) is 10.5. The van der Waals surface area contributed by atoms with Gasteiger partial charge in [-0.3, -0.25) is 0 Å². The number of methoxy groups -OCH3 is 1. The normalized spacial score (nSPS) is 14.4. The van der Waals surface area contributed by atoms with Crippen LogP contribution < -0.4 is 10.1 Å². The van der Waals surface area contributed by atoms with Crippen molar-refractivity contribution in [2.24, 2.45) is 0 Å². The fraction of sp³-hybridized carbons (Fsp3) is 0.538. The predicted octanol–water partition coefficient (Wildman–Crippen LogP) is 2.26. The van der Waals surface area contributed by atoms with E-state index in [1.165, 1.54) is 13.2 Å². The molecule has 0 bridgehead atoms. The van der Waals surface area contributed by atoms with E-state index in [0.29, 0.717) is 24.3 Å². The maximum Gasteiger partial charge on any atom is 0.131 e. The van der Waals surface area contributed by atoms with Crippen molar-refractivity contribution in [1.29, 1.82) is 0 Å². The molecule has 0 spiro atoms. The molecule has 0 aliphatic carbocycles. The van der Waals surface area contributed by atoms with Gasteiger partial charge in [-0.05, 0) is 19.4 Å². The number of aliphatic hydroxyl groups is 1. The Morgan fingerprint density at radius 2 is 2.18 bits per heavy atom. The highest BCUT2D eigenvalue weighted by Gasteiger charge is 2.12. The highest BCUT2D eigenvalue weighted by atomic mass is 19.1. The molecule has 2 atom stereocenters. The largest absolute Gasteiger partial charge is 0.497 e. The van der Waals surface area contributed by atoms with E-state index in [1.807, 2.05) is 13.8 Å². The number of nitrogens with one attached hydrogen (secondary N) is 1. The summed E-state index contributed by atoms with van der Waals surface area (Å²) in [5.41, 5.74) is 0.578. The molecule has 0 fully saturated rings. The molecule has 0 aliphatic heterocycles. The average molecular weight is 241 g/mol. The molecule has 3 nitrogen and oxygen atoms in total. The lowest BCUT2D eigenvalue weighted by atomic mass is 10.1. The Kier molecular flexibility index (Phi) is 5.38. The smallest absolute Gasteiger partial charge is 0.131 e. The van der Waals surface area contributed by atoms with Gasteiger partial charge in [-0.2, -0.15) is 0 Å². The standard InChI is InChI=1S/C13H20FNO2/c1-4-10(16)8-15-9(2)12-6-5-11(17-3)7-13(12)14/h5-7,9-10,15-16H,4,8H2,1-3H3. The third-order valence-corrected chi connectivity index (χ3v) is 2.81. The van der Waals surface area contributed by atoms with Gasteiger partial charge in [-0.15, -0.1) is 0 Å². The first-order valence-corrected chi connectivity index (χ1v) is 5.83. The summed E-state index contributed by atoms with van der Waals surface area (Å²) in [6, 6.07) is 4.66. The second kappa shape index (κ2) is 6.57. The Hall–Kier alpha value is -1.13. The summed E-state index contributed by atoms with van der Waals surface area (Å²) in [7, 11) is 1.51. The van der Waals surface area contributed by atoms with E-state index in [0.717, 1.165) is 0 Å². The van der Waals surface area contributed by atoms with Crippen molar-refractivity contribution in [3.8, 4) is 5.75 Å². The summed E-state index contributed by atoms with van der Waals surface area (Å²) in [5.74, 6) is 0.211. The second-order valence-electron chi connectivity index (χ2n) is 4.08. The van der Waals surface area contributed by atoms with Crippen LogP contribution in [0.1, 0.15) is 31.9 Å². The van der Waals surface area contributed by atoms with Crippen molar-refractivity contribution >= 4 is 0 Å². The Morgan fingerprint density at radius 1 is 1.47 bits per heavy atom. The topological polar surface area (TPSA) is 41.5 Å². The lowest BCUT2D eigenvalue weighted by Gasteiger charge is -2.17. The van der Waals surface area contributed by atoms with Crippen LogP contribution in [0.5, 0.6) is 5.75 Å². The molecule has 2 unspecified atom stereocenters. The van der Waals surface area contributed by atoms with Crippen molar-refractivity contribution in [3.05, 3.63) is 29.6 Å². The molecule has 0 heterocycles. The second-order valence-corrected chi connectivity index (χ2v) is 4.08. The molecule has 0 saturated carbocycles. The van der Waals surface area contributed by atoms with Crippen LogP contribution in [0.4, 0.5) is 4.39 Å². The van der Waals surface area contributed by atoms with Crippen LogP contribution in [0, 0.1) is 5.82 Å². The highest BCUT2D eigenvalue weighted by Crippen LogP contribution is 2.21. The number of halogens is 1. The first kappa shape index (κ1) is 13.9. The molecule has 2 N–H and O–H groups in total. The molecule has 1 aromatic rings. The molecule has 1 aromatic carbocycles. The van der Waals surface area contributed by atoms with E-state index in [-0.39, 0.29) is 11.9 Å². The molecule has 0 aliphatic rings.